The van der Waals surface area contributed by atoms with Gasteiger partial charge >= 0.3 is 29.8 Å². The quantitative estimate of drug-likeness (QED) is 0.0737. The molecule has 0 spiro atoms. The Kier molecular flexibility index (Phi) is 15.9. The standard InChI is InChI=1S/C55H67NO15/c1-8-9-10-11-21-28-41(60)69-45(43(35-22-15-12-16-23-35)56-49(62)36-24-17-13-18-25-36)51(64)68-38-30-55(65)48(70-50(63)37-26-19-14-20-27-37)46-53(7,39(59)29-40-54(46,31-66-40)71-34(4)58)47(61)44(67-33(3)57)42(32(38)2)52(55,5)6/h12-20,22-27,32,38-40,42-46,48,59,65H,8-11,21,28-31H2,1-7H3,(H,56,62)/t32?,38-,39-,40+,42?,43-,44+,45+,46?,48-,53+,54-,55+/m0/s1. The first-order valence-corrected chi connectivity index (χ1v) is 24.7. The molecular weight excluding hydrogens is 915 g/mol. The maximum Gasteiger partial charge on any atom is 0.350 e. The van der Waals surface area contributed by atoms with Gasteiger partial charge in [0.05, 0.1) is 29.6 Å². The number of esters is 5. The number of aliphatic hydroxyl groups excluding tert-OH is 1. The molecular formula is C55H67NO15. The van der Waals surface area contributed by atoms with Gasteiger partial charge in [0.1, 0.15) is 30.0 Å². The Hall–Kier alpha value is -5.97. The van der Waals surface area contributed by atoms with E-state index in [4.69, 9.17) is 28.4 Å². The lowest BCUT2D eigenvalue weighted by atomic mass is 9.42. The van der Waals surface area contributed by atoms with Crippen molar-refractivity contribution in [2.24, 2.45) is 28.6 Å². The van der Waals surface area contributed by atoms with E-state index in [2.05, 4.69) is 12.2 Å². The molecule has 3 saturated carbocycles. The van der Waals surface area contributed by atoms with Crippen molar-refractivity contribution in [2.75, 3.05) is 6.61 Å². The summed E-state index contributed by atoms with van der Waals surface area (Å²) in [6.45, 7) is 10.4. The number of ether oxygens (including phenoxy) is 6. The number of amides is 1. The molecule has 1 amide bonds. The van der Waals surface area contributed by atoms with E-state index in [0.29, 0.717) is 12.0 Å². The molecule has 7 rings (SSSR count). The van der Waals surface area contributed by atoms with Crippen molar-refractivity contribution in [1.29, 1.82) is 0 Å². The monoisotopic (exact) mass is 981 g/mol. The summed E-state index contributed by atoms with van der Waals surface area (Å²) in [5.74, 6) is -9.55. The molecule has 3 unspecified atom stereocenters. The number of aliphatic hydroxyl groups is 2. The van der Waals surface area contributed by atoms with Crippen LogP contribution >= 0.6 is 0 Å². The number of benzene rings is 3. The highest BCUT2D eigenvalue weighted by molar-refractivity contribution is 5.95. The number of unbranched alkanes of at least 4 members (excludes halogenated alkanes) is 4. The number of carbonyl (C=O) groups excluding carboxylic acids is 7. The molecule has 13 atom stereocenters. The van der Waals surface area contributed by atoms with E-state index in [0.717, 1.165) is 39.5 Å². The Balaban J connectivity index is 1.37. The zero-order valence-corrected chi connectivity index (χ0v) is 41.5. The van der Waals surface area contributed by atoms with Gasteiger partial charge in [0.15, 0.2) is 17.5 Å². The van der Waals surface area contributed by atoms with Crippen LogP contribution in [0.3, 0.4) is 0 Å². The minimum atomic E-state index is -2.38. The number of fused-ring (bicyclic) bond motifs is 5. The Morgan fingerprint density at radius 1 is 0.803 bits per heavy atom. The average molecular weight is 982 g/mol. The molecule has 0 radical (unpaired) electrons. The summed E-state index contributed by atoms with van der Waals surface area (Å²) < 4.78 is 37.2. The van der Waals surface area contributed by atoms with E-state index in [1.165, 1.54) is 19.1 Å². The van der Waals surface area contributed by atoms with Crippen molar-refractivity contribution >= 4 is 41.5 Å². The molecule has 3 N–H and O–H groups in total. The smallest absolute Gasteiger partial charge is 0.350 e. The first kappa shape index (κ1) is 52.8. The molecule has 0 aromatic heterocycles. The molecule has 16 nitrogen and oxygen atoms in total. The van der Waals surface area contributed by atoms with Gasteiger partial charge < -0.3 is 44.0 Å². The molecule has 4 aliphatic rings. The van der Waals surface area contributed by atoms with Crippen LogP contribution in [0.1, 0.15) is 132 Å². The molecule has 1 heterocycles. The van der Waals surface area contributed by atoms with Crippen LogP contribution in [0.2, 0.25) is 0 Å². The SMILES string of the molecule is CCCCCCCC(=O)O[C@@H](C(=O)O[C@H]1C[C@@]2(O)[C@@H](OC(=O)c3ccccc3)C3[C@](C)(C(=O)[C@H](OC(C)=O)C(C1C)C2(C)C)[C@@H](O)C[C@H]1OC[C@@]31OC(C)=O)[C@@H](NC(=O)c1ccccc1)c1ccccc1. The van der Waals surface area contributed by atoms with Gasteiger partial charge in [-0.3, -0.25) is 24.0 Å². The van der Waals surface area contributed by atoms with Crippen molar-refractivity contribution in [1.82, 2.24) is 5.32 Å². The molecule has 16 heteroatoms. The number of nitrogens with one attached hydrogen (secondary N) is 1. The zero-order valence-electron chi connectivity index (χ0n) is 41.5. The van der Waals surface area contributed by atoms with Gasteiger partial charge in [-0.25, -0.2) is 9.59 Å². The fourth-order valence-electron chi connectivity index (χ4n) is 11.9. The normalized spacial score (nSPS) is 31.3. The van der Waals surface area contributed by atoms with Crippen molar-refractivity contribution in [2.45, 2.75) is 154 Å². The zero-order chi connectivity index (χ0) is 51.5. The van der Waals surface area contributed by atoms with E-state index in [1.807, 2.05) is 0 Å². The average Bonchev–Trinajstić information content (AvgIpc) is 3.33. The van der Waals surface area contributed by atoms with E-state index >= 15 is 9.59 Å². The van der Waals surface area contributed by atoms with E-state index < -0.39 is 130 Å². The van der Waals surface area contributed by atoms with Crippen LogP contribution in [0.4, 0.5) is 0 Å². The fourth-order valence-corrected chi connectivity index (χ4v) is 11.9. The molecule has 3 aromatic rings. The number of carbonyl (C=O) groups is 7. The molecule has 1 saturated heterocycles. The van der Waals surface area contributed by atoms with Crippen LogP contribution in [0, 0.1) is 28.6 Å². The van der Waals surface area contributed by atoms with Crippen LogP contribution in [0.5, 0.6) is 0 Å². The summed E-state index contributed by atoms with van der Waals surface area (Å²) in [4.78, 5) is 99.7. The van der Waals surface area contributed by atoms with E-state index in [9.17, 15) is 34.2 Å². The highest BCUT2D eigenvalue weighted by atomic mass is 16.6. The summed E-state index contributed by atoms with van der Waals surface area (Å²) >= 11 is 0. The lowest BCUT2D eigenvalue weighted by molar-refractivity contribution is -0.355. The molecule has 2 bridgehead atoms. The van der Waals surface area contributed by atoms with Crippen LogP contribution in [0.15, 0.2) is 91.0 Å². The van der Waals surface area contributed by atoms with Crippen LogP contribution in [-0.2, 0) is 52.4 Å². The second-order valence-corrected chi connectivity index (χ2v) is 20.5. The predicted octanol–water partition coefficient (Wildman–Crippen LogP) is 6.58. The van der Waals surface area contributed by atoms with Crippen molar-refractivity contribution in [3.63, 3.8) is 0 Å². The molecule has 3 aromatic carbocycles. The van der Waals surface area contributed by atoms with Gasteiger partial charge in [-0.05, 0) is 43.2 Å². The third-order valence-electron chi connectivity index (χ3n) is 15.8. The number of hydrogen-bond donors (Lipinski definition) is 3. The number of Topliss-reactive ketones (excluding diaryl/α,β-unsaturated/α-hetero) is 1. The lowest BCUT2D eigenvalue weighted by Gasteiger charge is -2.69. The van der Waals surface area contributed by atoms with Crippen LogP contribution < -0.4 is 5.32 Å². The maximum absolute atomic E-state index is 15.8. The summed E-state index contributed by atoms with van der Waals surface area (Å²) in [5.41, 5.74) is -7.05. The predicted molar refractivity (Wildman–Crippen MR) is 255 cm³/mol. The van der Waals surface area contributed by atoms with Crippen LogP contribution in [0.25, 0.3) is 0 Å². The second-order valence-electron chi connectivity index (χ2n) is 20.5. The molecule has 382 valence electrons. The van der Waals surface area contributed by atoms with Crippen molar-refractivity contribution in [3.05, 3.63) is 108 Å². The summed E-state index contributed by atoms with van der Waals surface area (Å²) in [6, 6.07) is 23.3. The number of rotatable bonds is 17. The molecule has 3 aliphatic carbocycles. The van der Waals surface area contributed by atoms with Crippen LogP contribution in [-0.4, -0.2) is 106 Å². The molecule has 1 aliphatic heterocycles. The Morgan fingerprint density at radius 3 is 1.99 bits per heavy atom. The van der Waals surface area contributed by atoms with Crippen molar-refractivity contribution in [3.8, 4) is 0 Å². The minimum Gasteiger partial charge on any atom is -0.459 e. The summed E-state index contributed by atoms with van der Waals surface area (Å²) in [6.07, 6.45) is -6.07. The Morgan fingerprint density at radius 2 is 1.41 bits per heavy atom. The third kappa shape index (κ3) is 10.1. The van der Waals surface area contributed by atoms with Gasteiger partial charge in [0.25, 0.3) is 5.91 Å². The lowest BCUT2D eigenvalue weighted by Crippen LogP contribution is -2.83. The second kappa shape index (κ2) is 21.4. The summed E-state index contributed by atoms with van der Waals surface area (Å²) in [5, 5.41) is 29.1. The van der Waals surface area contributed by atoms with E-state index in [1.54, 1.807) is 99.6 Å². The third-order valence-corrected chi connectivity index (χ3v) is 15.8. The van der Waals surface area contributed by atoms with Gasteiger partial charge in [-0.1, -0.05) is 120 Å². The van der Waals surface area contributed by atoms with Gasteiger partial charge in [0.2, 0.25) is 6.10 Å². The highest BCUT2D eigenvalue weighted by Crippen LogP contribution is 2.65. The first-order chi connectivity index (χ1) is 33.7. The number of ketones is 1. The largest absolute Gasteiger partial charge is 0.459 e. The Bertz CT molecular complexity index is 2430. The summed E-state index contributed by atoms with van der Waals surface area (Å²) in [7, 11) is 0. The topological polar surface area (TPSA) is 227 Å². The minimum absolute atomic E-state index is 0.0427. The maximum atomic E-state index is 15.8. The number of hydrogen-bond acceptors (Lipinski definition) is 15. The van der Waals surface area contributed by atoms with Crippen molar-refractivity contribution < 1.29 is 72.2 Å². The molecule has 71 heavy (non-hydrogen) atoms. The first-order valence-electron chi connectivity index (χ1n) is 24.7. The van der Waals surface area contributed by atoms with Gasteiger partial charge in [-0.15, -0.1) is 0 Å². The highest BCUT2D eigenvalue weighted by Gasteiger charge is 2.79. The molecule has 4 fully saturated rings. The van der Waals surface area contributed by atoms with Gasteiger partial charge in [0, 0.05) is 55.9 Å². The fraction of sp³-hybridized carbons (Fsp3) is 0.545. The Labute approximate surface area is 414 Å². The van der Waals surface area contributed by atoms with E-state index in [-0.39, 0.29) is 30.6 Å². The van der Waals surface area contributed by atoms with Gasteiger partial charge in [-0.2, -0.15) is 0 Å².